The van der Waals surface area contributed by atoms with Gasteiger partial charge in [-0.2, -0.15) is 0 Å². The molecule has 0 radical (unpaired) electrons. The molecule has 1 N–H and O–H groups in total. The molecule has 1 rings (SSSR count). The minimum Gasteiger partial charge on any atom is -0.262 e. The molecule has 0 aliphatic heterocycles. The van der Waals surface area contributed by atoms with Crippen LogP contribution in [0.4, 0.5) is 0 Å². The number of hydrogen-bond acceptors (Lipinski definition) is 4. The summed E-state index contributed by atoms with van der Waals surface area (Å²) < 4.78 is 23.8. The number of sulfonamides is 1. The molecule has 1 aromatic heterocycles. The minimum atomic E-state index is -3.50. The van der Waals surface area contributed by atoms with Crippen LogP contribution in [0.2, 0.25) is 0 Å². The molecule has 0 aliphatic rings. The molecule has 0 saturated heterocycles. The Balaban J connectivity index is 3.05. The molecular formula is C7H10BrN3O2S. The van der Waals surface area contributed by atoms with Crippen molar-refractivity contribution in [2.24, 2.45) is 0 Å². The number of rotatable bonds is 3. The van der Waals surface area contributed by atoms with Crippen LogP contribution in [0.5, 0.6) is 0 Å². The van der Waals surface area contributed by atoms with Crippen LogP contribution in [0.25, 0.3) is 0 Å². The van der Waals surface area contributed by atoms with E-state index in [9.17, 15) is 8.42 Å². The van der Waals surface area contributed by atoms with Crippen molar-refractivity contribution < 1.29 is 8.42 Å². The van der Waals surface area contributed by atoms with E-state index in [-0.39, 0.29) is 4.90 Å². The summed E-state index contributed by atoms with van der Waals surface area (Å²) in [7, 11) is -0.298. The lowest BCUT2D eigenvalue weighted by molar-refractivity contribution is 0.364. The van der Waals surface area contributed by atoms with Crippen molar-refractivity contribution >= 4 is 26.0 Å². The van der Waals surface area contributed by atoms with Crippen LogP contribution >= 0.6 is 15.9 Å². The van der Waals surface area contributed by atoms with E-state index in [0.29, 0.717) is 4.47 Å². The molecule has 5 nitrogen and oxygen atoms in total. The predicted octanol–water partition coefficient (Wildman–Crippen LogP) is 0.599. The molecule has 0 bridgehead atoms. The number of halogens is 1. The fraction of sp³-hybridized carbons (Fsp3) is 0.286. The van der Waals surface area contributed by atoms with Gasteiger partial charge in [-0.25, -0.2) is 13.4 Å². The highest BCUT2D eigenvalue weighted by atomic mass is 79.9. The second kappa shape index (κ2) is 4.35. The summed E-state index contributed by atoms with van der Waals surface area (Å²) in [6.07, 6.45) is 2.81. The molecular weight excluding hydrogens is 270 g/mol. The smallest absolute Gasteiger partial charge is 0.255 e. The van der Waals surface area contributed by atoms with Gasteiger partial charge >= 0.3 is 0 Å². The zero-order chi connectivity index (χ0) is 10.8. The maximum Gasteiger partial charge on any atom is 0.255 e. The van der Waals surface area contributed by atoms with Crippen molar-refractivity contribution in [1.29, 1.82) is 0 Å². The second-order valence-electron chi connectivity index (χ2n) is 2.83. The maximum absolute atomic E-state index is 11.6. The van der Waals surface area contributed by atoms with Crippen LogP contribution in [-0.4, -0.2) is 32.5 Å². The average molecular weight is 280 g/mol. The first kappa shape index (κ1) is 11.6. The first-order chi connectivity index (χ1) is 6.42. The molecule has 7 heteroatoms. The summed E-state index contributed by atoms with van der Waals surface area (Å²) in [4.78, 5) is 6.21. The summed E-state index contributed by atoms with van der Waals surface area (Å²) in [6, 6.07) is 1.48. The Bertz CT molecular complexity index is 419. The molecule has 0 unspecified atom stereocenters. The Morgan fingerprint density at radius 1 is 1.43 bits per heavy atom. The Morgan fingerprint density at radius 2 is 2.07 bits per heavy atom. The van der Waals surface area contributed by atoms with Crippen LogP contribution in [0.15, 0.2) is 27.8 Å². The lowest BCUT2D eigenvalue weighted by Gasteiger charge is -2.11. The zero-order valence-corrected chi connectivity index (χ0v) is 10.1. The van der Waals surface area contributed by atoms with Gasteiger partial charge < -0.3 is 0 Å². The first-order valence-corrected chi connectivity index (χ1v) is 6.00. The zero-order valence-electron chi connectivity index (χ0n) is 7.73. The maximum atomic E-state index is 11.6. The third kappa shape index (κ3) is 3.02. The van der Waals surface area contributed by atoms with Crippen molar-refractivity contribution in [2.75, 3.05) is 14.1 Å². The molecule has 1 aromatic rings. The topological polar surface area (TPSA) is 62.3 Å². The third-order valence-electron chi connectivity index (χ3n) is 1.29. The lowest BCUT2D eigenvalue weighted by atomic mass is 10.5. The standard InChI is InChI=1S/C7H10BrN3O2S/c1-11(2)10-14(12,13)7-3-6(8)4-9-5-7/h3-5,10H,1-2H3. The fourth-order valence-corrected chi connectivity index (χ4v) is 2.42. The van der Waals surface area contributed by atoms with Gasteiger partial charge in [0.1, 0.15) is 4.90 Å². The highest BCUT2D eigenvalue weighted by Crippen LogP contribution is 2.13. The van der Waals surface area contributed by atoms with Gasteiger partial charge in [-0.1, -0.05) is 0 Å². The van der Waals surface area contributed by atoms with Gasteiger partial charge in [-0.3, -0.25) is 4.98 Å². The Kier molecular flexibility index (Phi) is 3.59. The van der Waals surface area contributed by atoms with Gasteiger partial charge in [0.05, 0.1) is 0 Å². The van der Waals surface area contributed by atoms with Crippen LogP contribution in [-0.2, 0) is 10.0 Å². The van der Waals surface area contributed by atoms with E-state index in [4.69, 9.17) is 0 Å². The van der Waals surface area contributed by atoms with E-state index in [1.54, 1.807) is 14.1 Å². The normalized spacial score (nSPS) is 12.0. The number of nitrogens with one attached hydrogen (secondary N) is 1. The number of hydrogen-bond donors (Lipinski definition) is 1. The third-order valence-corrected chi connectivity index (χ3v) is 3.18. The average Bonchev–Trinajstić information content (AvgIpc) is 2.01. The predicted molar refractivity (Wildman–Crippen MR) is 55.9 cm³/mol. The minimum absolute atomic E-state index is 0.126. The van der Waals surface area contributed by atoms with Crippen LogP contribution in [0.1, 0.15) is 0 Å². The van der Waals surface area contributed by atoms with Gasteiger partial charge in [-0.05, 0) is 22.0 Å². The molecule has 0 atom stereocenters. The lowest BCUT2D eigenvalue weighted by Crippen LogP contribution is -2.36. The Hall–Kier alpha value is -0.500. The van der Waals surface area contributed by atoms with Crippen molar-refractivity contribution in [2.45, 2.75) is 4.90 Å². The number of hydrazine groups is 1. The largest absolute Gasteiger partial charge is 0.262 e. The van der Waals surface area contributed by atoms with E-state index in [1.807, 2.05) is 0 Å². The van der Waals surface area contributed by atoms with E-state index < -0.39 is 10.0 Å². The first-order valence-electron chi connectivity index (χ1n) is 3.72. The van der Waals surface area contributed by atoms with E-state index in [0.717, 1.165) is 0 Å². The Morgan fingerprint density at radius 3 is 2.57 bits per heavy atom. The second-order valence-corrected chi connectivity index (χ2v) is 5.40. The molecule has 0 aromatic carbocycles. The molecule has 78 valence electrons. The SMILES string of the molecule is CN(C)NS(=O)(=O)c1cncc(Br)c1. The van der Waals surface area contributed by atoms with Crippen molar-refractivity contribution in [3.63, 3.8) is 0 Å². The molecule has 0 saturated carbocycles. The fourth-order valence-electron chi connectivity index (χ4n) is 0.832. The number of aromatic nitrogens is 1. The highest BCUT2D eigenvalue weighted by molar-refractivity contribution is 9.10. The van der Waals surface area contributed by atoms with Gasteiger partial charge in [0.25, 0.3) is 10.0 Å². The molecule has 0 spiro atoms. The molecule has 0 amide bonds. The molecule has 14 heavy (non-hydrogen) atoms. The summed E-state index contributed by atoms with van der Waals surface area (Å²) in [5.74, 6) is 0. The number of nitrogens with zero attached hydrogens (tertiary/aromatic N) is 2. The van der Waals surface area contributed by atoms with E-state index >= 15 is 0 Å². The molecule has 0 fully saturated rings. The van der Waals surface area contributed by atoms with Gasteiger partial charge in [-0.15, -0.1) is 4.83 Å². The van der Waals surface area contributed by atoms with E-state index in [2.05, 4.69) is 25.7 Å². The summed E-state index contributed by atoms with van der Waals surface area (Å²) in [5, 5.41) is 1.36. The summed E-state index contributed by atoms with van der Waals surface area (Å²) in [5.41, 5.74) is 0. The molecule has 0 aliphatic carbocycles. The summed E-state index contributed by atoms with van der Waals surface area (Å²) >= 11 is 3.15. The van der Waals surface area contributed by atoms with Crippen molar-refractivity contribution in [1.82, 2.24) is 14.8 Å². The quantitative estimate of drug-likeness (QED) is 0.824. The molecule has 1 heterocycles. The van der Waals surface area contributed by atoms with Gasteiger partial charge in [0.2, 0.25) is 0 Å². The highest BCUT2D eigenvalue weighted by Gasteiger charge is 2.14. The van der Waals surface area contributed by atoms with Gasteiger partial charge in [0, 0.05) is 31.0 Å². The van der Waals surface area contributed by atoms with E-state index in [1.165, 1.54) is 23.5 Å². The Labute approximate surface area is 91.3 Å². The van der Waals surface area contributed by atoms with Crippen molar-refractivity contribution in [3.05, 3.63) is 22.9 Å². The van der Waals surface area contributed by atoms with Crippen LogP contribution in [0, 0.1) is 0 Å². The van der Waals surface area contributed by atoms with Crippen LogP contribution < -0.4 is 4.83 Å². The number of pyridine rings is 1. The van der Waals surface area contributed by atoms with Crippen molar-refractivity contribution in [3.8, 4) is 0 Å². The monoisotopic (exact) mass is 279 g/mol. The van der Waals surface area contributed by atoms with Crippen LogP contribution in [0.3, 0.4) is 0 Å². The van der Waals surface area contributed by atoms with Gasteiger partial charge in [0.15, 0.2) is 0 Å². The summed E-state index contributed by atoms with van der Waals surface area (Å²) in [6.45, 7) is 0.